The van der Waals surface area contributed by atoms with Crippen LogP contribution in [0.2, 0.25) is 5.02 Å². The van der Waals surface area contributed by atoms with Crippen molar-refractivity contribution in [3.05, 3.63) is 82.4 Å². The number of carbonyl (C=O) groups is 1. The first-order chi connectivity index (χ1) is 16.2. The zero-order chi connectivity index (χ0) is 24.3. The molecule has 0 fully saturated rings. The third kappa shape index (κ3) is 5.16. The minimum absolute atomic E-state index is 0.0640. The topological polar surface area (TPSA) is 97.3 Å². The molecule has 1 N–H and O–H groups in total. The highest BCUT2D eigenvalue weighted by atomic mass is 35.5. The molecule has 8 nitrogen and oxygen atoms in total. The Bertz CT molecular complexity index is 1360. The lowest BCUT2D eigenvalue weighted by Crippen LogP contribution is -2.40. The molecule has 0 aromatic heterocycles. The molecule has 3 aromatic carbocycles. The molecule has 0 aliphatic carbocycles. The van der Waals surface area contributed by atoms with E-state index in [9.17, 15) is 13.2 Å². The molecule has 0 saturated carbocycles. The number of amides is 1. The molecule has 1 aliphatic heterocycles. The Hall–Kier alpha value is -3.56. The molecular weight excluding hydrogens is 478 g/mol. The van der Waals surface area contributed by atoms with E-state index in [1.165, 1.54) is 24.4 Å². The Morgan fingerprint density at radius 2 is 1.79 bits per heavy atom. The number of hydrogen-bond donors (Lipinski definition) is 1. The molecule has 0 spiro atoms. The van der Waals surface area contributed by atoms with Crippen molar-refractivity contribution in [1.29, 1.82) is 0 Å². The summed E-state index contributed by atoms with van der Waals surface area (Å²) in [7, 11) is -4.06. The number of carbonyl (C=O) groups excluding carboxylic acids is 1. The van der Waals surface area contributed by atoms with Crippen LogP contribution in [0, 0.1) is 13.8 Å². The summed E-state index contributed by atoms with van der Waals surface area (Å²) in [5.41, 5.74) is 4.94. The highest BCUT2D eigenvalue weighted by molar-refractivity contribution is 7.92. The highest BCUT2D eigenvalue weighted by Crippen LogP contribution is 2.32. The van der Waals surface area contributed by atoms with Crippen molar-refractivity contribution in [2.75, 3.05) is 17.6 Å². The van der Waals surface area contributed by atoms with Crippen molar-refractivity contribution < 1.29 is 22.7 Å². The van der Waals surface area contributed by atoms with Gasteiger partial charge in [0.1, 0.15) is 6.54 Å². The van der Waals surface area contributed by atoms with E-state index in [1.807, 2.05) is 6.92 Å². The van der Waals surface area contributed by atoms with E-state index in [0.717, 1.165) is 9.87 Å². The lowest BCUT2D eigenvalue weighted by atomic mass is 10.2. The molecule has 4 rings (SSSR count). The average Bonchev–Trinajstić information content (AvgIpc) is 3.27. The molecular formula is C24H22ClN3O5S. The lowest BCUT2D eigenvalue weighted by molar-refractivity contribution is -0.119. The van der Waals surface area contributed by atoms with Gasteiger partial charge in [-0.15, -0.1) is 0 Å². The molecule has 1 amide bonds. The van der Waals surface area contributed by atoms with Gasteiger partial charge < -0.3 is 9.47 Å². The van der Waals surface area contributed by atoms with E-state index < -0.39 is 22.5 Å². The van der Waals surface area contributed by atoms with Crippen molar-refractivity contribution in [3.63, 3.8) is 0 Å². The SMILES string of the molecule is Cc1ccc(S(=O)(=O)N(CC(=O)N/N=C\c2ccc3c(c2)OCO3)c2cc(Cl)ccc2C)cc1. The fourth-order valence-electron chi connectivity index (χ4n) is 3.33. The molecule has 0 unspecified atom stereocenters. The summed E-state index contributed by atoms with van der Waals surface area (Å²) >= 11 is 6.14. The fourth-order valence-corrected chi connectivity index (χ4v) is 4.97. The van der Waals surface area contributed by atoms with Gasteiger partial charge in [0.2, 0.25) is 6.79 Å². The normalized spacial score (nSPS) is 12.7. The number of sulfonamides is 1. The molecule has 1 heterocycles. The van der Waals surface area contributed by atoms with Gasteiger partial charge in [-0.2, -0.15) is 5.10 Å². The first kappa shape index (κ1) is 23.6. The van der Waals surface area contributed by atoms with Gasteiger partial charge in [-0.25, -0.2) is 13.8 Å². The molecule has 10 heteroatoms. The van der Waals surface area contributed by atoms with Gasteiger partial charge in [-0.1, -0.05) is 35.4 Å². The molecule has 3 aromatic rings. The quantitative estimate of drug-likeness (QED) is 0.391. The molecule has 0 bridgehead atoms. The van der Waals surface area contributed by atoms with Gasteiger partial charge in [-0.05, 0) is 67.4 Å². The summed E-state index contributed by atoms with van der Waals surface area (Å²) in [6, 6.07) is 16.5. The van der Waals surface area contributed by atoms with Gasteiger partial charge in [0, 0.05) is 5.02 Å². The van der Waals surface area contributed by atoms with E-state index >= 15 is 0 Å². The standard InChI is InChI=1S/C24H22ClN3O5S/c1-16-3-8-20(9-4-16)34(30,31)28(21-12-19(25)7-5-17(21)2)14-24(29)27-26-13-18-6-10-22-23(11-18)33-15-32-22/h3-13H,14-15H2,1-2H3,(H,27,29)/b26-13-. The number of nitrogens with one attached hydrogen (secondary N) is 1. The van der Waals surface area contributed by atoms with E-state index in [2.05, 4.69) is 10.5 Å². The third-order valence-corrected chi connectivity index (χ3v) is 7.14. The first-order valence-electron chi connectivity index (χ1n) is 10.3. The summed E-state index contributed by atoms with van der Waals surface area (Å²) in [5, 5.41) is 4.30. The molecule has 0 radical (unpaired) electrons. The zero-order valence-electron chi connectivity index (χ0n) is 18.5. The van der Waals surface area contributed by atoms with Gasteiger partial charge in [0.15, 0.2) is 11.5 Å². The maximum absolute atomic E-state index is 13.5. The molecule has 1 aliphatic rings. The van der Waals surface area contributed by atoms with Crippen molar-refractivity contribution in [3.8, 4) is 11.5 Å². The van der Waals surface area contributed by atoms with Crippen molar-refractivity contribution in [2.45, 2.75) is 18.7 Å². The first-order valence-corrected chi connectivity index (χ1v) is 12.1. The third-order valence-electron chi connectivity index (χ3n) is 5.14. The van der Waals surface area contributed by atoms with Crippen LogP contribution in [-0.2, 0) is 14.8 Å². The van der Waals surface area contributed by atoms with E-state index in [-0.39, 0.29) is 11.7 Å². The number of benzene rings is 3. The number of halogens is 1. The number of aryl methyl sites for hydroxylation is 2. The summed E-state index contributed by atoms with van der Waals surface area (Å²) < 4.78 is 38.6. The van der Waals surface area contributed by atoms with E-state index in [1.54, 1.807) is 49.4 Å². The molecule has 34 heavy (non-hydrogen) atoms. The molecule has 0 atom stereocenters. The van der Waals surface area contributed by atoms with Crippen LogP contribution in [0.15, 0.2) is 70.7 Å². The van der Waals surface area contributed by atoms with E-state index in [0.29, 0.717) is 33.3 Å². The van der Waals surface area contributed by atoms with Crippen molar-refractivity contribution in [1.82, 2.24) is 5.43 Å². The number of hydrogen-bond acceptors (Lipinski definition) is 6. The Labute approximate surface area is 202 Å². The zero-order valence-corrected chi connectivity index (χ0v) is 20.1. The second-order valence-electron chi connectivity index (χ2n) is 7.66. The minimum atomic E-state index is -4.06. The number of ether oxygens (including phenoxy) is 2. The maximum atomic E-state index is 13.5. The van der Waals surface area contributed by atoms with Crippen LogP contribution in [0.25, 0.3) is 0 Å². The van der Waals surface area contributed by atoms with E-state index in [4.69, 9.17) is 21.1 Å². The summed E-state index contributed by atoms with van der Waals surface area (Å²) in [6.45, 7) is 3.27. The fraction of sp³-hybridized carbons (Fsp3) is 0.167. The number of hydrazone groups is 1. The van der Waals surface area contributed by atoms with Gasteiger partial charge in [0.25, 0.3) is 15.9 Å². The second-order valence-corrected chi connectivity index (χ2v) is 9.96. The summed E-state index contributed by atoms with van der Waals surface area (Å²) in [5.74, 6) is 0.601. The van der Waals surface area contributed by atoms with Crippen LogP contribution in [0.4, 0.5) is 5.69 Å². The number of fused-ring (bicyclic) bond motifs is 1. The largest absolute Gasteiger partial charge is 0.454 e. The van der Waals surface area contributed by atoms with Gasteiger partial charge >= 0.3 is 0 Å². The predicted octanol–water partition coefficient (Wildman–Crippen LogP) is 4.03. The Kier molecular flexibility index (Phi) is 6.76. The number of anilines is 1. The Balaban J connectivity index is 1.57. The van der Waals surface area contributed by atoms with Crippen LogP contribution in [-0.4, -0.2) is 33.9 Å². The van der Waals surface area contributed by atoms with Crippen LogP contribution in [0.5, 0.6) is 11.5 Å². The monoisotopic (exact) mass is 499 g/mol. The second kappa shape index (κ2) is 9.74. The smallest absolute Gasteiger partial charge is 0.264 e. The van der Waals surface area contributed by atoms with Crippen molar-refractivity contribution in [2.24, 2.45) is 5.10 Å². The molecule has 0 saturated heterocycles. The number of rotatable bonds is 7. The van der Waals surface area contributed by atoms with Crippen LogP contribution in [0.1, 0.15) is 16.7 Å². The van der Waals surface area contributed by atoms with Crippen LogP contribution < -0.4 is 19.2 Å². The average molecular weight is 500 g/mol. The van der Waals surface area contributed by atoms with Gasteiger partial charge in [-0.3, -0.25) is 9.10 Å². The molecule has 176 valence electrons. The number of nitrogens with zero attached hydrogens (tertiary/aromatic N) is 2. The van der Waals surface area contributed by atoms with Crippen LogP contribution >= 0.6 is 11.6 Å². The minimum Gasteiger partial charge on any atom is -0.454 e. The van der Waals surface area contributed by atoms with Crippen LogP contribution in [0.3, 0.4) is 0 Å². The summed E-state index contributed by atoms with van der Waals surface area (Å²) in [4.78, 5) is 12.8. The maximum Gasteiger partial charge on any atom is 0.264 e. The Morgan fingerprint density at radius 3 is 2.56 bits per heavy atom. The summed E-state index contributed by atoms with van der Waals surface area (Å²) in [6.07, 6.45) is 1.43. The predicted molar refractivity (Wildman–Crippen MR) is 130 cm³/mol. The lowest BCUT2D eigenvalue weighted by Gasteiger charge is -2.25. The Morgan fingerprint density at radius 1 is 1.06 bits per heavy atom. The van der Waals surface area contributed by atoms with Gasteiger partial charge in [0.05, 0.1) is 16.8 Å². The van der Waals surface area contributed by atoms with Crippen molar-refractivity contribution >= 4 is 39.4 Å². The highest BCUT2D eigenvalue weighted by Gasteiger charge is 2.28.